The van der Waals surface area contributed by atoms with Crippen LogP contribution in [-0.2, 0) is 0 Å². The maximum atomic E-state index is 2.29. The average molecular weight is 152 g/mol. The lowest BCUT2D eigenvalue weighted by Gasteiger charge is -2.12. The van der Waals surface area contributed by atoms with Gasteiger partial charge in [-0.25, -0.2) is 0 Å². The Morgan fingerprint density at radius 2 is 1.45 bits per heavy atom. The zero-order chi connectivity index (χ0) is 9.07. The molecule has 0 atom stereocenters. The van der Waals surface area contributed by atoms with E-state index in [0.717, 1.165) is 0 Å². The standard InChI is InChI=1S/C11H20/c1-9(2)7-10(3)8-11(4,5)6/h7-8H,1-6H3. The largest absolute Gasteiger partial charge is 0.0762 e. The summed E-state index contributed by atoms with van der Waals surface area (Å²) >= 11 is 0. The van der Waals surface area contributed by atoms with Gasteiger partial charge >= 0.3 is 0 Å². The van der Waals surface area contributed by atoms with E-state index < -0.39 is 0 Å². The second-order valence-electron chi connectivity index (χ2n) is 4.48. The van der Waals surface area contributed by atoms with E-state index in [1.165, 1.54) is 11.1 Å². The van der Waals surface area contributed by atoms with Crippen molar-refractivity contribution in [1.29, 1.82) is 0 Å². The molecule has 64 valence electrons. The molecule has 0 bridgehead atoms. The van der Waals surface area contributed by atoms with Gasteiger partial charge in [0.1, 0.15) is 0 Å². The van der Waals surface area contributed by atoms with Gasteiger partial charge in [-0.3, -0.25) is 0 Å². The first-order valence-corrected chi connectivity index (χ1v) is 4.15. The predicted octanol–water partition coefficient (Wildman–Crippen LogP) is 3.95. The zero-order valence-corrected chi connectivity index (χ0v) is 8.65. The molecular formula is C11H20. The molecule has 0 aliphatic carbocycles. The van der Waals surface area contributed by atoms with E-state index in [1.807, 2.05) is 0 Å². The van der Waals surface area contributed by atoms with E-state index in [-0.39, 0.29) is 0 Å². The van der Waals surface area contributed by atoms with Gasteiger partial charge in [-0.2, -0.15) is 0 Å². The average Bonchev–Trinajstić information content (AvgIpc) is 1.53. The molecule has 0 spiro atoms. The third-order valence-electron chi connectivity index (χ3n) is 1.18. The van der Waals surface area contributed by atoms with Crippen LogP contribution in [0.1, 0.15) is 41.5 Å². The number of allylic oxidation sites excluding steroid dienone is 4. The van der Waals surface area contributed by atoms with Gasteiger partial charge in [0.05, 0.1) is 0 Å². The summed E-state index contributed by atoms with van der Waals surface area (Å²) in [7, 11) is 0. The van der Waals surface area contributed by atoms with Crippen molar-refractivity contribution in [3.63, 3.8) is 0 Å². The minimum absolute atomic E-state index is 0.302. The molecule has 0 unspecified atom stereocenters. The lowest BCUT2D eigenvalue weighted by atomic mass is 9.93. The molecule has 0 rings (SSSR count). The van der Waals surface area contributed by atoms with E-state index in [9.17, 15) is 0 Å². The summed E-state index contributed by atoms with van der Waals surface area (Å²) < 4.78 is 0. The van der Waals surface area contributed by atoms with Gasteiger partial charge in [-0.15, -0.1) is 0 Å². The highest BCUT2D eigenvalue weighted by Crippen LogP contribution is 2.18. The number of hydrogen-bond donors (Lipinski definition) is 0. The van der Waals surface area contributed by atoms with Crippen molar-refractivity contribution in [3.8, 4) is 0 Å². The van der Waals surface area contributed by atoms with E-state index in [0.29, 0.717) is 5.41 Å². The third-order valence-corrected chi connectivity index (χ3v) is 1.18. The van der Waals surface area contributed by atoms with Crippen LogP contribution >= 0.6 is 0 Å². The van der Waals surface area contributed by atoms with Gasteiger partial charge in [0.2, 0.25) is 0 Å². The molecule has 0 saturated heterocycles. The monoisotopic (exact) mass is 152 g/mol. The maximum absolute atomic E-state index is 2.29. The highest BCUT2D eigenvalue weighted by Gasteiger charge is 2.04. The first kappa shape index (κ1) is 10.5. The topological polar surface area (TPSA) is 0 Å². The van der Waals surface area contributed by atoms with Gasteiger partial charge in [-0.1, -0.05) is 44.1 Å². The fraction of sp³-hybridized carbons (Fsp3) is 0.636. The van der Waals surface area contributed by atoms with Gasteiger partial charge in [0.25, 0.3) is 0 Å². The number of hydrogen-bond acceptors (Lipinski definition) is 0. The van der Waals surface area contributed by atoms with Crippen molar-refractivity contribution in [2.24, 2.45) is 5.41 Å². The molecule has 0 aromatic heterocycles. The van der Waals surface area contributed by atoms with Gasteiger partial charge in [0.15, 0.2) is 0 Å². The molecule has 0 amide bonds. The van der Waals surface area contributed by atoms with Crippen LogP contribution in [0, 0.1) is 5.41 Å². The van der Waals surface area contributed by atoms with Crippen LogP contribution in [-0.4, -0.2) is 0 Å². The van der Waals surface area contributed by atoms with Crippen LogP contribution in [0.15, 0.2) is 23.3 Å². The van der Waals surface area contributed by atoms with Crippen LogP contribution in [0.25, 0.3) is 0 Å². The Bertz CT molecular complexity index is 171. The van der Waals surface area contributed by atoms with Gasteiger partial charge in [-0.05, 0) is 26.2 Å². The van der Waals surface area contributed by atoms with Gasteiger partial charge in [0, 0.05) is 0 Å². The fourth-order valence-electron chi connectivity index (χ4n) is 1.18. The van der Waals surface area contributed by atoms with Crippen LogP contribution in [0.4, 0.5) is 0 Å². The molecule has 0 aromatic carbocycles. The molecule has 0 saturated carbocycles. The van der Waals surface area contributed by atoms with Crippen molar-refractivity contribution in [2.45, 2.75) is 41.5 Å². The molecule has 0 N–H and O–H groups in total. The van der Waals surface area contributed by atoms with E-state index in [4.69, 9.17) is 0 Å². The quantitative estimate of drug-likeness (QED) is 0.499. The Morgan fingerprint density at radius 1 is 1.00 bits per heavy atom. The Labute approximate surface area is 71.0 Å². The molecule has 0 aliphatic heterocycles. The summed E-state index contributed by atoms with van der Waals surface area (Å²) in [6.07, 6.45) is 4.51. The highest BCUT2D eigenvalue weighted by molar-refractivity contribution is 5.21. The third kappa shape index (κ3) is 7.38. The maximum Gasteiger partial charge on any atom is -0.0197 e. The summed E-state index contributed by atoms with van der Waals surface area (Å²) in [6, 6.07) is 0. The Balaban J connectivity index is 4.36. The minimum atomic E-state index is 0.302. The summed E-state index contributed by atoms with van der Waals surface area (Å²) in [5.41, 5.74) is 3.02. The van der Waals surface area contributed by atoms with Crippen molar-refractivity contribution in [2.75, 3.05) is 0 Å². The molecule has 0 radical (unpaired) electrons. The molecule has 0 aliphatic rings. The van der Waals surface area contributed by atoms with Crippen LogP contribution in [0.5, 0.6) is 0 Å². The molecule has 0 heterocycles. The predicted molar refractivity (Wildman–Crippen MR) is 52.6 cm³/mol. The fourth-order valence-corrected chi connectivity index (χ4v) is 1.18. The lowest BCUT2D eigenvalue weighted by Crippen LogP contribution is -1.99. The molecule has 0 heteroatoms. The molecule has 0 aromatic rings. The SMILES string of the molecule is CC(C)=CC(C)=CC(C)(C)C. The van der Waals surface area contributed by atoms with Crippen LogP contribution in [0.3, 0.4) is 0 Å². The van der Waals surface area contributed by atoms with E-state index in [2.05, 4.69) is 53.7 Å². The molecular weight excluding hydrogens is 132 g/mol. The normalized spacial score (nSPS) is 13.1. The van der Waals surface area contributed by atoms with Crippen molar-refractivity contribution in [3.05, 3.63) is 23.3 Å². The minimum Gasteiger partial charge on any atom is -0.0762 e. The Kier molecular flexibility index (Phi) is 3.57. The molecule has 11 heavy (non-hydrogen) atoms. The first-order chi connectivity index (χ1) is 4.81. The second-order valence-corrected chi connectivity index (χ2v) is 4.48. The van der Waals surface area contributed by atoms with Crippen molar-refractivity contribution in [1.82, 2.24) is 0 Å². The zero-order valence-electron chi connectivity index (χ0n) is 8.65. The van der Waals surface area contributed by atoms with Crippen molar-refractivity contribution >= 4 is 0 Å². The number of rotatable bonds is 1. The van der Waals surface area contributed by atoms with Gasteiger partial charge < -0.3 is 0 Å². The lowest BCUT2D eigenvalue weighted by molar-refractivity contribution is 0.541. The molecule has 0 nitrogen and oxygen atoms in total. The first-order valence-electron chi connectivity index (χ1n) is 4.15. The van der Waals surface area contributed by atoms with Crippen LogP contribution in [0.2, 0.25) is 0 Å². The van der Waals surface area contributed by atoms with E-state index >= 15 is 0 Å². The smallest absolute Gasteiger partial charge is 0.0197 e. The summed E-state index contributed by atoms with van der Waals surface area (Å²) in [5.74, 6) is 0. The Morgan fingerprint density at radius 3 is 1.73 bits per heavy atom. The summed E-state index contributed by atoms with van der Waals surface area (Å²) in [4.78, 5) is 0. The Hall–Kier alpha value is -0.520. The summed E-state index contributed by atoms with van der Waals surface area (Å²) in [6.45, 7) is 13.1. The highest BCUT2D eigenvalue weighted by atomic mass is 14.1. The van der Waals surface area contributed by atoms with Crippen molar-refractivity contribution < 1.29 is 0 Å². The van der Waals surface area contributed by atoms with Crippen LogP contribution < -0.4 is 0 Å². The molecule has 0 fully saturated rings. The van der Waals surface area contributed by atoms with E-state index in [1.54, 1.807) is 0 Å². The summed E-state index contributed by atoms with van der Waals surface area (Å²) in [5, 5.41) is 0. The second kappa shape index (κ2) is 3.75.